The third-order valence-electron chi connectivity index (χ3n) is 5.80. The molecule has 3 aromatic carbocycles. The maximum absolute atomic E-state index is 5.29. The van der Waals surface area contributed by atoms with Crippen LogP contribution in [0.5, 0.6) is 5.75 Å². The Balaban J connectivity index is 1.49. The van der Waals surface area contributed by atoms with Crippen LogP contribution in [0, 0.1) is 17.8 Å². The standard InChI is InChI=1S/C26H26O/c1-19-3-10-22(11-4-19)23-12-7-20(8-13-23)5-6-21-9-14-25-18-26(27-2)16-15-24(25)17-21/h7-9,12-19,22H,3-4,10-11H2,1-2H3. The van der Waals surface area contributed by atoms with Crippen LogP contribution in [-0.4, -0.2) is 7.11 Å². The van der Waals surface area contributed by atoms with Gasteiger partial charge >= 0.3 is 0 Å². The summed E-state index contributed by atoms with van der Waals surface area (Å²) in [6.45, 7) is 2.37. The van der Waals surface area contributed by atoms with Gasteiger partial charge < -0.3 is 4.74 Å². The molecule has 4 rings (SSSR count). The van der Waals surface area contributed by atoms with Crippen LogP contribution in [-0.2, 0) is 0 Å². The molecule has 1 fully saturated rings. The molecule has 0 radical (unpaired) electrons. The van der Waals surface area contributed by atoms with Gasteiger partial charge in [-0.25, -0.2) is 0 Å². The number of rotatable bonds is 2. The Morgan fingerprint density at radius 1 is 0.741 bits per heavy atom. The molecule has 27 heavy (non-hydrogen) atoms. The first-order valence-electron chi connectivity index (χ1n) is 9.91. The van der Waals surface area contributed by atoms with Gasteiger partial charge in [-0.05, 0) is 77.4 Å². The van der Waals surface area contributed by atoms with Crippen molar-refractivity contribution in [3.63, 3.8) is 0 Å². The van der Waals surface area contributed by atoms with E-state index in [4.69, 9.17) is 4.74 Å². The van der Waals surface area contributed by atoms with Crippen molar-refractivity contribution in [3.8, 4) is 17.6 Å². The molecule has 0 bridgehead atoms. The first kappa shape index (κ1) is 17.7. The summed E-state index contributed by atoms with van der Waals surface area (Å²) in [7, 11) is 1.70. The molecule has 0 amide bonds. The second kappa shape index (κ2) is 7.89. The molecule has 1 aliphatic carbocycles. The van der Waals surface area contributed by atoms with E-state index in [0.29, 0.717) is 0 Å². The number of methoxy groups -OCH3 is 1. The Kier molecular flexibility index (Phi) is 5.16. The van der Waals surface area contributed by atoms with Crippen molar-refractivity contribution in [1.82, 2.24) is 0 Å². The van der Waals surface area contributed by atoms with E-state index in [-0.39, 0.29) is 0 Å². The molecule has 0 unspecified atom stereocenters. The minimum atomic E-state index is 0.737. The number of hydrogen-bond donors (Lipinski definition) is 0. The first-order chi connectivity index (χ1) is 13.2. The molecule has 0 aromatic heterocycles. The molecule has 0 saturated heterocycles. The van der Waals surface area contributed by atoms with E-state index in [1.165, 1.54) is 42.0 Å². The molecule has 1 heteroatoms. The van der Waals surface area contributed by atoms with Gasteiger partial charge in [0.15, 0.2) is 0 Å². The smallest absolute Gasteiger partial charge is 0.119 e. The van der Waals surface area contributed by atoms with Gasteiger partial charge in [0.25, 0.3) is 0 Å². The number of ether oxygens (including phenoxy) is 1. The van der Waals surface area contributed by atoms with E-state index in [0.717, 1.165) is 28.7 Å². The van der Waals surface area contributed by atoms with Crippen LogP contribution in [0.15, 0.2) is 60.7 Å². The molecule has 3 aromatic rings. The van der Waals surface area contributed by atoms with Crippen LogP contribution in [0.4, 0.5) is 0 Å². The van der Waals surface area contributed by atoms with Crippen molar-refractivity contribution in [2.75, 3.05) is 7.11 Å². The molecular weight excluding hydrogens is 328 g/mol. The predicted octanol–water partition coefficient (Wildman–Crippen LogP) is 6.54. The molecule has 1 saturated carbocycles. The van der Waals surface area contributed by atoms with Crippen LogP contribution in [0.2, 0.25) is 0 Å². The molecule has 136 valence electrons. The zero-order chi connectivity index (χ0) is 18.6. The molecule has 1 nitrogen and oxygen atoms in total. The van der Waals surface area contributed by atoms with E-state index in [9.17, 15) is 0 Å². The highest BCUT2D eigenvalue weighted by molar-refractivity contribution is 5.85. The van der Waals surface area contributed by atoms with E-state index < -0.39 is 0 Å². The Bertz CT molecular complexity index is 980. The fraction of sp³-hybridized carbons (Fsp3) is 0.308. The zero-order valence-electron chi connectivity index (χ0n) is 16.2. The largest absolute Gasteiger partial charge is 0.497 e. The average molecular weight is 354 g/mol. The van der Waals surface area contributed by atoms with Crippen molar-refractivity contribution < 1.29 is 4.74 Å². The molecule has 0 spiro atoms. The van der Waals surface area contributed by atoms with Crippen molar-refractivity contribution in [2.45, 2.75) is 38.5 Å². The van der Waals surface area contributed by atoms with Crippen molar-refractivity contribution in [1.29, 1.82) is 0 Å². The van der Waals surface area contributed by atoms with Gasteiger partial charge in [0.2, 0.25) is 0 Å². The Hall–Kier alpha value is -2.72. The van der Waals surface area contributed by atoms with Crippen molar-refractivity contribution >= 4 is 10.8 Å². The molecule has 1 aliphatic rings. The Morgan fingerprint density at radius 3 is 2.11 bits per heavy atom. The van der Waals surface area contributed by atoms with Crippen LogP contribution < -0.4 is 4.74 Å². The summed E-state index contributed by atoms with van der Waals surface area (Å²) in [5.74, 6) is 9.13. The average Bonchev–Trinajstić information content (AvgIpc) is 2.72. The van der Waals surface area contributed by atoms with Gasteiger partial charge in [0.05, 0.1) is 7.11 Å². The summed E-state index contributed by atoms with van der Waals surface area (Å²) < 4.78 is 5.29. The summed E-state index contributed by atoms with van der Waals surface area (Å²) in [6, 6.07) is 21.3. The highest BCUT2D eigenvalue weighted by Gasteiger charge is 2.19. The molecule has 0 heterocycles. The molecular formula is C26H26O. The van der Waals surface area contributed by atoms with E-state index in [2.05, 4.69) is 73.4 Å². The SMILES string of the molecule is COc1ccc2cc(C#Cc3ccc(C4CCC(C)CC4)cc3)ccc2c1. The summed E-state index contributed by atoms with van der Waals surface area (Å²) in [5.41, 5.74) is 3.60. The maximum Gasteiger partial charge on any atom is 0.119 e. The summed E-state index contributed by atoms with van der Waals surface area (Å²) >= 11 is 0. The van der Waals surface area contributed by atoms with Gasteiger partial charge in [-0.3, -0.25) is 0 Å². The fourth-order valence-electron chi connectivity index (χ4n) is 4.00. The van der Waals surface area contributed by atoms with Gasteiger partial charge in [-0.1, -0.05) is 55.9 Å². The van der Waals surface area contributed by atoms with E-state index >= 15 is 0 Å². The quantitative estimate of drug-likeness (QED) is 0.475. The van der Waals surface area contributed by atoms with Crippen LogP contribution in [0.3, 0.4) is 0 Å². The molecule has 0 aliphatic heterocycles. The number of hydrogen-bond acceptors (Lipinski definition) is 1. The van der Waals surface area contributed by atoms with E-state index in [1.54, 1.807) is 7.11 Å². The third-order valence-corrected chi connectivity index (χ3v) is 5.80. The normalized spacial score (nSPS) is 19.3. The van der Waals surface area contributed by atoms with Crippen molar-refractivity contribution in [2.24, 2.45) is 5.92 Å². The van der Waals surface area contributed by atoms with Gasteiger partial charge in [-0.15, -0.1) is 0 Å². The lowest BCUT2D eigenvalue weighted by molar-refractivity contribution is 0.348. The highest BCUT2D eigenvalue weighted by Crippen LogP contribution is 2.35. The first-order valence-corrected chi connectivity index (χ1v) is 9.91. The van der Waals surface area contributed by atoms with Gasteiger partial charge in [-0.2, -0.15) is 0 Å². The lowest BCUT2D eigenvalue weighted by Gasteiger charge is -2.26. The lowest BCUT2D eigenvalue weighted by atomic mass is 9.79. The Morgan fingerprint density at radius 2 is 1.37 bits per heavy atom. The van der Waals surface area contributed by atoms with E-state index in [1.807, 2.05) is 6.07 Å². The fourth-order valence-corrected chi connectivity index (χ4v) is 4.00. The number of benzene rings is 3. The van der Waals surface area contributed by atoms with Crippen LogP contribution in [0.1, 0.15) is 55.2 Å². The summed E-state index contributed by atoms with van der Waals surface area (Å²) in [6.07, 6.45) is 5.38. The molecule has 0 atom stereocenters. The second-order valence-corrected chi connectivity index (χ2v) is 7.76. The lowest BCUT2D eigenvalue weighted by Crippen LogP contribution is -2.10. The number of fused-ring (bicyclic) bond motifs is 1. The van der Waals surface area contributed by atoms with Gasteiger partial charge in [0, 0.05) is 11.1 Å². The van der Waals surface area contributed by atoms with Gasteiger partial charge in [0.1, 0.15) is 5.75 Å². The maximum atomic E-state index is 5.29. The minimum Gasteiger partial charge on any atom is -0.497 e. The topological polar surface area (TPSA) is 9.23 Å². The molecule has 0 N–H and O–H groups in total. The second-order valence-electron chi connectivity index (χ2n) is 7.76. The zero-order valence-corrected chi connectivity index (χ0v) is 16.2. The van der Waals surface area contributed by atoms with Crippen molar-refractivity contribution in [3.05, 3.63) is 77.4 Å². The van der Waals surface area contributed by atoms with Crippen LogP contribution in [0.25, 0.3) is 10.8 Å². The third kappa shape index (κ3) is 4.17. The van der Waals surface area contributed by atoms with Crippen LogP contribution >= 0.6 is 0 Å². The monoisotopic (exact) mass is 354 g/mol. The predicted molar refractivity (Wildman–Crippen MR) is 113 cm³/mol. The summed E-state index contributed by atoms with van der Waals surface area (Å²) in [4.78, 5) is 0. The highest BCUT2D eigenvalue weighted by atomic mass is 16.5. The minimum absolute atomic E-state index is 0.737. The Labute approximate surface area is 162 Å². The summed E-state index contributed by atoms with van der Waals surface area (Å²) in [5, 5.41) is 2.36.